The molecule has 0 saturated heterocycles. The predicted molar refractivity (Wildman–Crippen MR) is 55.9 cm³/mol. The van der Waals surface area contributed by atoms with Crippen LogP contribution in [-0.4, -0.2) is 29.2 Å². The van der Waals surface area contributed by atoms with Gasteiger partial charge in [-0.2, -0.15) is 13.2 Å². The zero-order chi connectivity index (χ0) is 11.2. The predicted octanol–water partition coefficient (Wildman–Crippen LogP) is 3.24. The van der Waals surface area contributed by atoms with Gasteiger partial charge in [0.15, 0.2) is 0 Å². The van der Waals surface area contributed by atoms with Gasteiger partial charge in [0.25, 0.3) is 0 Å². The van der Waals surface area contributed by atoms with Gasteiger partial charge in [-0.05, 0) is 32.0 Å². The van der Waals surface area contributed by atoms with E-state index in [0.29, 0.717) is 12.4 Å². The summed E-state index contributed by atoms with van der Waals surface area (Å²) in [6.07, 6.45) is 0.741. The highest BCUT2D eigenvalue weighted by Gasteiger charge is 2.27. The van der Waals surface area contributed by atoms with Crippen molar-refractivity contribution in [2.75, 3.05) is 18.2 Å². The Labute approximate surface area is 91.8 Å². The van der Waals surface area contributed by atoms with Crippen molar-refractivity contribution in [1.82, 2.24) is 5.32 Å². The largest absolute Gasteiger partial charge is 0.441 e. The van der Waals surface area contributed by atoms with E-state index in [9.17, 15) is 13.2 Å². The first-order valence-electron chi connectivity index (χ1n) is 4.28. The number of nitrogens with one attached hydrogen (secondary N) is 1. The standard InChI is InChI=1S/C8H15ClF3NS/c1-7(2,3-4-9)13-5-6-14-8(10,11)12/h13H,3-6H2,1-2H3. The van der Waals surface area contributed by atoms with Crippen molar-refractivity contribution in [3.63, 3.8) is 0 Å². The molecule has 0 heterocycles. The molecule has 0 amide bonds. The van der Waals surface area contributed by atoms with E-state index in [1.165, 1.54) is 0 Å². The molecule has 0 aromatic rings. The minimum absolute atomic E-state index is 0.00314. The zero-order valence-corrected chi connectivity index (χ0v) is 9.82. The highest BCUT2D eigenvalue weighted by molar-refractivity contribution is 8.00. The van der Waals surface area contributed by atoms with E-state index >= 15 is 0 Å². The fourth-order valence-electron chi connectivity index (χ4n) is 0.881. The number of hydrogen-bond acceptors (Lipinski definition) is 2. The highest BCUT2D eigenvalue weighted by Crippen LogP contribution is 2.29. The monoisotopic (exact) mass is 249 g/mol. The van der Waals surface area contributed by atoms with E-state index in [1.807, 2.05) is 13.8 Å². The molecule has 0 radical (unpaired) electrons. The summed E-state index contributed by atoms with van der Waals surface area (Å²) in [5.74, 6) is 0.543. The molecule has 0 aromatic carbocycles. The van der Waals surface area contributed by atoms with Gasteiger partial charge in [-0.1, -0.05) is 0 Å². The molecule has 0 atom stereocenters. The van der Waals surface area contributed by atoms with Gasteiger partial charge in [0, 0.05) is 23.7 Å². The second-order valence-corrected chi connectivity index (χ2v) is 5.08. The third-order valence-corrected chi connectivity index (χ3v) is 2.62. The Balaban J connectivity index is 3.54. The quantitative estimate of drug-likeness (QED) is 0.573. The van der Waals surface area contributed by atoms with Gasteiger partial charge in [-0.15, -0.1) is 11.6 Å². The first-order chi connectivity index (χ1) is 6.27. The van der Waals surface area contributed by atoms with Gasteiger partial charge in [0.2, 0.25) is 0 Å². The van der Waals surface area contributed by atoms with Gasteiger partial charge in [0.1, 0.15) is 0 Å². The molecular weight excluding hydrogens is 235 g/mol. The summed E-state index contributed by atoms with van der Waals surface area (Å²) in [5, 5.41) is 3.03. The maximum atomic E-state index is 11.7. The second kappa shape index (κ2) is 6.08. The molecule has 1 N–H and O–H groups in total. The van der Waals surface area contributed by atoms with Gasteiger partial charge < -0.3 is 5.32 Å². The molecular formula is C8H15ClF3NS. The fourth-order valence-corrected chi connectivity index (χ4v) is 1.79. The molecule has 0 aliphatic heterocycles. The highest BCUT2D eigenvalue weighted by atomic mass is 35.5. The molecule has 14 heavy (non-hydrogen) atoms. The van der Waals surface area contributed by atoms with Crippen LogP contribution in [0.4, 0.5) is 13.2 Å². The van der Waals surface area contributed by atoms with Crippen molar-refractivity contribution in [3.05, 3.63) is 0 Å². The van der Waals surface area contributed by atoms with Gasteiger partial charge in [-0.3, -0.25) is 0 Å². The second-order valence-electron chi connectivity index (χ2n) is 3.54. The molecule has 0 bridgehead atoms. The lowest BCUT2D eigenvalue weighted by Gasteiger charge is -2.25. The third-order valence-electron chi connectivity index (χ3n) is 1.69. The number of hydrogen-bond donors (Lipinski definition) is 1. The third kappa shape index (κ3) is 8.97. The Bertz CT molecular complexity index is 161. The summed E-state index contributed by atoms with van der Waals surface area (Å²) in [5.41, 5.74) is -4.31. The summed E-state index contributed by atoms with van der Waals surface area (Å²) >= 11 is 5.54. The Morgan fingerprint density at radius 2 is 1.86 bits per heavy atom. The molecule has 0 unspecified atom stereocenters. The molecule has 0 fully saturated rings. The summed E-state index contributed by atoms with van der Waals surface area (Å²) < 4.78 is 35.2. The Morgan fingerprint density at radius 1 is 1.29 bits per heavy atom. The Hall–Kier alpha value is 0.390. The molecule has 0 rings (SSSR count). The topological polar surface area (TPSA) is 12.0 Å². The van der Waals surface area contributed by atoms with Crippen molar-refractivity contribution in [2.24, 2.45) is 0 Å². The van der Waals surface area contributed by atoms with Crippen molar-refractivity contribution < 1.29 is 13.2 Å². The van der Waals surface area contributed by atoms with E-state index in [4.69, 9.17) is 11.6 Å². The molecule has 6 heteroatoms. The van der Waals surface area contributed by atoms with Crippen molar-refractivity contribution in [2.45, 2.75) is 31.3 Å². The van der Waals surface area contributed by atoms with Crippen LogP contribution in [0.25, 0.3) is 0 Å². The van der Waals surface area contributed by atoms with Crippen LogP contribution in [0.1, 0.15) is 20.3 Å². The van der Waals surface area contributed by atoms with Gasteiger partial charge in [-0.25, -0.2) is 0 Å². The average molecular weight is 250 g/mol. The van der Waals surface area contributed by atoms with E-state index in [1.54, 1.807) is 0 Å². The average Bonchev–Trinajstić information content (AvgIpc) is 1.96. The van der Waals surface area contributed by atoms with Crippen molar-refractivity contribution in [3.8, 4) is 0 Å². The SMILES string of the molecule is CC(C)(CCCl)NCCSC(F)(F)F. The van der Waals surface area contributed by atoms with Crippen LogP contribution in [0.5, 0.6) is 0 Å². The lowest BCUT2D eigenvalue weighted by atomic mass is 10.0. The van der Waals surface area contributed by atoms with Gasteiger partial charge in [0.05, 0.1) is 0 Å². The van der Waals surface area contributed by atoms with E-state index < -0.39 is 5.51 Å². The van der Waals surface area contributed by atoms with Crippen LogP contribution in [0.3, 0.4) is 0 Å². The van der Waals surface area contributed by atoms with E-state index in [0.717, 1.165) is 6.42 Å². The number of halogens is 4. The van der Waals surface area contributed by atoms with Crippen LogP contribution in [0.15, 0.2) is 0 Å². The van der Waals surface area contributed by atoms with Crippen LogP contribution in [0.2, 0.25) is 0 Å². The maximum absolute atomic E-state index is 11.7. The van der Waals surface area contributed by atoms with Crippen molar-refractivity contribution in [1.29, 1.82) is 0 Å². The molecule has 0 aliphatic rings. The Kier molecular flexibility index (Phi) is 6.25. The lowest BCUT2D eigenvalue weighted by Crippen LogP contribution is -2.41. The van der Waals surface area contributed by atoms with Crippen LogP contribution in [0, 0.1) is 0 Å². The lowest BCUT2D eigenvalue weighted by molar-refractivity contribution is -0.0327. The number of rotatable bonds is 6. The number of alkyl halides is 4. The minimum Gasteiger partial charge on any atom is -0.311 e. The van der Waals surface area contributed by atoms with Crippen LogP contribution >= 0.6 is 23.4 Å². The normalized spacial score (nSPS) is 13.3. The zero-order valence-electron chi connectivity index (χ0n) is 8.25. The summed E-state index contributed by atoms with van der Waals surface area (Å²) in [4.78, 5) is 0. The van der Waals surface area contributed by atoms with Crippen LogP contribution in [-0.2, 0) is 0 Å². The summed E-state index contributed by atoms with van der Waals surface area (Å²) in [7, 11) is 0. The maximum Gasteiger partial charge on any atom is 0.441 e. The first-order valence-corrected chi connectivity index (χ1v) is 5.80. The molecule has 0 saturated carbocycles. The number of thioether (sulfide) groups is 1. The van der Waals surface area contributed by atoms with E-state index in [-0.39, 0.29) is 23.1 Å². The first kappa shape index (κ1) is 14.4. The van der Waals surface area contributed by atoms with Gasteiger partial charge >= 0.3 is 5.51 Å². The van der Waals surface area contributed by atoms with Crippen molar-refractivity contribution >= 4 is 23.4 Å². The fraction of sp³-hybridized carbons (Fsp3) is 1.00. The molecule has 0 aliphatic carbocycles. The summed E-state index contributed by atoms with van der Waals surface area (Å²) in [6, 6.07) is 0. The molecule has 86 valence electrons. The van der Waals surface area contributed by atoms with E-state index in [2.05, 4.69) is 5.32 Å². The Morgan fingerprint density at radius 3 is 2.29 bits per heavy atom. The molecule has 1 nitrogen and oxygen atoms in total. The molecule has 0 spiro atoms. The molecule has 0 aromatic heterocycles. The summed E-state index contributed by atoms with van der Waals surface area (Å²) in [6.45, 7) is 4.19. The minimum atomic E-state index is -4.13. The van der Waals surface area contributed by atoms with Crippen LogP contribution < -0.4 is 5.32 Å². The smallest absolute Gasteiger partial charge is 0.311 e.